The summed E-state index contributed by atoms with van der Waals surface area (Å²) in [4.78, 5) is 27.1. The maximum Gasteiger partial charge on any atom is 0.277 e. The van der Waals surface area contributed by atoms with Crippen molar-refractivity contribution in [3.63, 3.8) is 0 Å². The highest BCUT2D eigenvalue weighted by molar-refractivity contribution is 6.32. The van der Waals surface area contributed by atoms with Crippen LogP contribution in [0, 0.1) is 27.7 Å². The van der Waals surface area contributed by atoms with Gasteiger partial charge in [-0.25, -0.2) is 9.97 Å². The van der Waals surface area contributed by atoms with Crippen LogP contribution in [0.15, 0.2) is 53.6 Å². The highest BCUT2D eigenvalue weighted by atomic mass is 35.5. The fourth-order valence-corrected chi connectivity index (χ4v) is 4.25. The molecular formula is C28H29ClN4O2. The summed E-state index contributed by atoms with van der Waals surface area (Å²) >= 11 is 6.57. The van der Waals surface area contributed by atoms with Crippen molar-refractivity contribution in [3.8, 4) is 22.8 Å². The maximum absolute atomic E-state index is 13.4. The number of nitrogens with zero attached hydrogens (tertiary/aromatic N) is 4. The van der Waals surface area contributed by atoms with Gasteiger partial charge in [0.2, 0.25) is 0 Å². The Labute approximate surface area is 210 Å². The minimum atomic E-state index is -0.339. The fourth-order valence-electron chi connectivity index (χ4n) is 3.97. The van der Waals surface area contributed by atoms with Crippen molar-refractivity contribution in [2.24, 2.45) is 0 Å². The van der Waals surface area contributed by atoms with Gasteiger partial charge in [-0.05, 0) is 51.0 Å². The molecule has 0 N–H and O–H groups in total. The predicted octanol–water partition coefficient (Wildman–Crippen LogP) is 6.28. The minimum absolute atomic E-state index is 0.0550. The summed E-state index contributed by atoms with van der Waals surface area (Å²) in [6, 6.07) is 11.7. The van der Waals surface area contributed by atoms with Gasteiger partial charge in [-0.2, -0.15) is 0 Å². The van der Waals surface area contributed by atoms with E-state index in [2.05, 4.69) is 29.9 Å². The highest BCUT2D eigenvalue weighted by Crippen LogP contribution is 2.30. The number of benzene rings is 1. The molecule has 0 bridgehead atoms. The summed E-state index contributed by atoms with van der Waals surface area (Å²) in [7, 11) is 0. The number of ether oxygens (including phenoxy) is 1. The van der Waals surface area contributed by atoms with Gasteiger partial charge < -0.3 is 4.74 Å². The number of aryl methyl sites for hydroxylation is 2. The third-order valence-electron chi connectivity index (χ3n) is 6.03. The zero-order chi connectivity index (χ0) is 25.3. The molecule has 4 aromatic rings. The van der Waals surface area contributed by atoms with Crippen LogP contribution in [-0.2, 0) is 6.61 Å². The third kappa shape index (κ3) is 4.98. The average molecular weight is 489 g/mol. The van der Waals surface area contributed by atoms with Crippen molar-refractivity contribution in [3.05, 3.63) is 97.9 Å². The van der Waals surface area contributed by atoms with Gasteiger partial charge in [-0.3, -0.25) is 14.3 Å². The first-order valence-corrected chi connectivity index (χ1v) is 12.0. The Balaban J connectivity index is 1.75. The third-order valence-corrected chi connectivity index (χ3v) is 6.36. The van der Waals surface area contributed by atoms with Crippen molar-refractivity contribution >= 4 is 11.6 Å². The number of hydrogen-bond donors (Lipinski definition) is 0. The molecule has 0 aliphatic heterocycles. The maximum atomic E-state index is 13.4. The Kier molecular flexibility index (Phi) is 7.03. The zero-order valence-electron chi connectivity index (χ0n) is 20.9. The smallest absolute Gasteiger partial charge is 0.277 e. The number of rotatable bonds is 6. The highest BCUT2D eigenvalue weighted by Gasteiger charge is 2.19. The quantitative estimate of drug-likeness (QED) is 0.319. The number of aromatic nitrogens is 4. The van der Waals surface area contributed by atoms with Crippen LogP contribution >= 0.6 is 11.6 Å². The lowest BCUT2D eigenvalue weighted by atomic mass is 10.1. The Morgan fingerprint density at radius 3 is 2.54 bits per heavy atom. The summed E-state index contributed by atoms with van der Waals surface area (Å²) in [6.07, 6.45) is 3.49. The lowest BCUT2D eigenvalue weighted by Crippen LogP contribution is -2.23. The summed E-state index contributed by atoms with van der Waals surface area (Å²) in [5.41, 5.74) is 6.37. The van der Waals surface area contributed by atoms with Gasteiger partial charge in [0.05, 0.1) is 17.1 Å². The molecule has 3 aromatic heterocycles. The Morgan fingerprint density at radius 2 is 1.83 bits per heavy atom. The van der Waals surface area contributed by atoms with Crippen molar-refractivity contribution in [1.82, 2.24) is 19.5 Å². The van der Waals surface area contributed by atoms with E-state index in [1.54, 1.807) is 16.8 Å². The summed E-state index contributed by atoms with van der Waals surface area (Å²) in [6.45, 7) is 12.2. The van der Waals surface area contributed by atoms with E-state index in [0.29, 0.717) is 23.7 Å². The molecule has 0 radical (unpaired) electrons. The number of hydrogen-bond acceptors (Lipinski definition) is 5. The molecule has 0 amide bonds. The van der Waals surface area contributed by atoms with Crippen molar-refractivity contribution in [1.29, 1.82) is 0 Å². The van der Waals surface area contributed by atoms with Gasteiger partial charge in [-0.15, -0.1) is 0 Å². The second-order valence-corrected chi connectivity index (χ2v) is 9.46. The van der Waals surface area contributed by atoms with Crippen LogP contribution in [-0.4, -0.2) is 19.5 Å². The van der Waals surface area contributed by atoms with E-state index in [9.17, 15) is 4.79 Å². The zero-order valence-corrected chi connectivity index (χ0v) is 21.6. The molecule has 35 heavy (non-hydrogen) atoms. The van der Waals surface area contributed by atoms with Crippen LogP contribution in [0.5, 0.6) is 5.75 Å². The van der Waals surface area contributed by atoms with Crippen molar-refractivity contribution < 1.29 is 4.74 Å². The van der Waals surface area contributed by atoms with E-state index in [4.69, 9.17) is 21.3 Å². The first kappa shape index (κ1) is 24.6. The molecule has 0 aliphatic rings. The standard InChI is InChI=1S/C28H29ClN4O2/c1-16(2)27-31-14-18(4)25(32-27)23-13-22(10-11-30-23)33-20(6)19(5)26(24(29)28(33)34)35-15-21-9-7-8-17(3)12-21/h7-14,16H,15H2,1-6H3. The molecule has 180 valence electrons. The van der Waals surface area contributed by atoms with Crippen LogP contribution in [0.4, 0.5) is 0 Å². The van der Waals surface area contributed by atoms with E-state index >= 15 is 0 Å². The lowest BCUT2D eigenvalue weighted by molar-refractivity contribution is 0.303. The van der Waals surface area contributed by atoms with Gasteiger partial charge in [0.25, 0.3) is 5.56 Å². The van der Waals surface area contributed by atoms with Crippen LogP contribution in [0.2, 0.25) is 5.02 Å². The predicted molar refractivity (Wildman–Crippen MR) is 140 cm³/mol. The largest absolute Gasteiger partial charge is 0.487 e. The molecule has 3 heterocycles. The molecule has 7 heteroatoms. The second kappa shape index (κ2) is 10.0. The van der Waals surface area contributed by atoms with Crippen LogP contribution in [0.3, 0.4) is 0 Å². The molecule has 0 spiro atoms. The van der Waals surface area contributed by atoms with E-state index in [1.165, 1.54) is 0 Å². The topological polar surface area (TPSA) is 69.9 Å². The van der Waals surface area contributed by atoms with Crippen LogP contribution in [0.25, 0.3) is 17.1 Å². The van der Waals surface area contributed by atoms with Gasteiger partial charge in [0.1, 0.15) is 23.2 Å². The molecule has 1 aromatic carbocycles. The molecule has 6 nitrogen and oxygen atoms in total. The number of halogens is 1. The SMILES string of the molecule is Cc1cccc(COc2c(C)c(C)n(-c3ccnc(-c4nc(C(C)C)ncc4C)c3)c(=O)c2Cl)c1. The van der Waals surface area contributed by atoms with E-state index in [1.807, 2.05) is 58.2 Å². The van der Waals surface area contributed by atoms with Crippen LogP contribution < -0.4 is 10.3 Å². The molecule has 0 aliphatic carbocycles. The van der Waals surface area contributed by atoms with Crippen molar-refractivity contribution in [2.45, 2.75) is 54.1 Å². The second-order valence-electron chi connectivity index (χ2n) is 9.09. The van der Waals surface area contributed by atoms with Crippen molar-refractivity contribution in [2.75, 3.05) is 0 Å². The molecular weight excluding hydrogens is 460 g/mol. The molecule has 0 fully saturated rings. The monoisotopic (exact) mass is 488 g/mol. The van der Waals surface area contributed by atoms with Crippen LogP contribution in [0.1, 0.15) is 53.5 Å². The Morgan fingerprint density at radius 1 is 1.06 bits per heavy atom. The first-order valence-electron chi connectivity index (χ1n) is 11.6. The Bertz CT molecular complexity index is 1460. The molecule has 0 unspecified atom stereocenters. The first-order chi connectivity index (χ1) is 16.7. The van der Waals surface area contributed by atoms with Gasteiger partial charge in [-0.1, -0.05) is 55.3 Å². The molecule has 4 rings (SSSR count). The normalized spacial score (nSPS) is 11.2. The van der Waals surface area contributed by atoms with E-state index in [-0.39, 0.29) is 16.5 Å². The number of pyridine rings is 2. The molecule has 0 atom stereocenters. The van der Waals surface area contributed by atoms with Gasteiger partial charge >= 0.3 is 0 Å². The van der Waals surface area contributed by atoms with E-state index in [0.717, 1.165) is 39.5 Å². The Hall–Kier alpha value is -3.51. The molecule has 0 saturated heterocycles. The van der Waals surface area contributed by atoms with Gasteiger partial charge in [0, 0.05) is 29.6 Å². The summed E-state index contributed by atoms with van der Waals surface area (Å²) in [5, 5.41) is 0.0550. The van der Waals surface area contributed by atoms with E-state index < -0.39 is 0 Å². The lowest BCUT2D eigenvalue weighted by Gasteiger charge is -2.18. The molecule has 0 saturated carbocycles. The summed E-state index contributed by atoms with van der Waals surface area (Å²) in [5.74, 6) is 1.35. The van der Waals surface area contributed by atoms with Gasteiger partial charge in [0.15, 0.2) is 0 Å². The average Bonchev–Trinajstić information content (AvgIpc) is 2.83. The summed E-state index contributed by atoms with van der Waals surface area (Å²) < 4.78 is 7.63. The fraction of sp³-hybridized carbons (Fsp3) is 0.286. The minimum Gasteiger partial charge on any atom is -0.487 e.